The van der Waals surface area contributed by atoms with Gasteiger partial charge in [-0.15, -0.1) is 11.8 Å². The van der Waals surface area contributed by atoms with Gasteiger partial charge in [-0.1, -0.05) is 13.8 Å². The monoisotopic (exact) mass is 217 g/mol. The molecule has 0 radical (unpaired) electrons. The average Bonchev–Trinajstić information content (AvgIpc) is 1.96. The molecular weight excluding hydrogens is 194 g/mol. The van der Waals surface area contributed by atoms with Gasteiger partial charge in [0.25, 0.3) is 0 Å². The molecule has 0 saturated carbocycles. The molecule has 84 valence electrons. The largest absolute Gasteiger partial charge is 0.351 e. The minimum absolute atomic E-state index is 0.0524. The summed E-state index contributed by atoms with van der Waals surface area (Å²) >= 11 is 1.72. The van der Waals surface area contributed by atoms with Crippen LogP contribution < -0.4 is 5.32 Å². The van der Waals surface area contributed by atoms with Crippen molar-refractivity contribution in [1.82, 2.24) is 5.32 Å². The van der Waals surface area contributed by atoms with Gasteiger partial charge in [-0.25, -0.2) is 0 Å². The second-order valence-corrected chi connectivity index (χ2v) is 6.48. The first-order valence-electron chi connectivity index (χ1n) is 5.16. The summed E-state index contributed by atoms with van der Waals surface area (Å²) in [6.45, 7) is 12.3. The van der Waals surface area contributed by atoms with E-state index in [4.69, 9.17) is 0 Å². The summed E-state index contributed by atoms with van der Waals surface area (Å²) in [6, 6.07) is 0. The maximum Gasteiger partial charge on any atom is 0.233 e. The Kier molecular flexibility index (Phi) is 5.57. The molecule has 0 bridgehead atoms. The van der Waals surface area contributed by atoms with Crippen molar-refractivity contribution in [1.29, 1.82) is 0 Å². The van der Waals surface area contributed by atoms with Crippen molar-refractivity contribution in [3.05, 3.63) is 0 Å². The third-order valence-corrected chi connectivity index (χ3v) is 3.12. The van der Waals surface area contributed by atoms with Crippen LogP contribution in [0.25, 0.3) is 0 Å². The minimum atomic E-state index is -0.121. The molecule has 0 aromatic carbocycles. The molecule has 2 nitrogen and oxygen atoms in total. The van der Waals surface area contributed by atoms with E-state index >= 15 is 0 Å². The quantitative estimate of drug-likeness (QED) is 0.784. The standard InChI is InChI=1S/C11H23NOS/c1-8(2)7-14-9(3)10(13)12-11(4,5)6/h8-9H,7H2,1-6H3,(H,12,13). The van der Waals surface area contributed by atoms with Gasteiger partial charge in [0.05, 0.1) is 5.25 Å². The molecule has 0 heterocycles. The summed E-state index contributed by atoms with van der Waals surface area (Å²) < 4.78 is 0. The van der Waals surface area contributed by atoms with Crippen molar-refractivity contribution in [2.75, 3.05) is 5.75 Å². The Morgan fingerprint density at radius 2 is 1.79 bits per heavy atom. The molecule has 3 heteroatoms. The van der Waals surface area contributed by atoms with E-state index in [1.54, 1.807) is 11.8 Å². The van der Waals surface area contributed by atoms with Gasteiger partial charge in [-0.2, -0.15) is 0 Å². The summed E-state index contributed by atoms with van der Waals surface area (Å²) in [4.78, 5) is 11.6. The number of carbonyl (C=O) groups is 1. The van der Waals surface area contributed by atoms with Crippen LogP contribution in [0.1, 0.15) is 41.5 Å². The summed E-state index contributed by atoms with van der Waals surface area (Å²) in [5.41, 5.74) is -0.121. The van der Waals surface area contributed by atoms with Crippen LogP contribution in [0.4, 0.5) is 0 Å². The lowest BCUT2D eigenvalue weighted by molar-refractivity contribution is -0.121. The van der Waals surface area contributed by atoms with E-state index in [1.165, 1.54) is 0 Å². The molecule has 1 N–H and O–H groups in total. The highest BCUT2D eigenvalue weighted by atomic mass is 32.2. The normalized spacial score (nSPS) is 14.2. The van der Waals surface area contributed by atoms with Gasteiger partial charge in [-0.05, 0) is 39.4 Å². The molecule has 1 atom stereocenters. The molecule has 14 heavy (non-hydrogen) atoms. The van der Waals surface area contributed by atoms with E-state index in [0.29, 0.717) is 5.92 Å². The van der Waals surface area contributed by atoms with Crippen molar-refractivity contribution < 1.29 is 4.79 Å². The molecule has 0 fully saturated rings. The molecule has 0 aromatic heterocycles. The van der Waals surface area contributed by atoms with Crippen LogP contribution in [-0.4, -0.2) is 22.4 Å². The SMILES string of the molecule is CC(C)CSC(C)C(=O)NC(C)(C)C. The molecule has 1 unspecified atom stereocenters. The van der Waals surface area contributed by atoms with Crippen LogP contribution in [0.15, 0.2) is 0 Å². The molecule has 0 spiro atoms. The third kappa shape index (κ3) is 7.25. The molecular formula is C11H23NOS. The zero-order chi connectivity index (χ0) is 11.4. The smallest absolute Gasteiger partial charge is 0.233 e. The molecule has 0 saturated heterocycles. The summed E-state index contributed by atoms with van der Waals surface area (Å²) in [5, 5.41) is 3.04. The molecule has 0 rings (SSSR count). The topological polar surface area (TPSA) is 29.1 Å². The number of amides is 1. The van der Waals surface area contributed by atoms with Gasteiger partial charge in [0, 0.05) is 5.54 Å². The van der Waals surface area contributed by atoms with E-state index in [-0.39, 0.29) is 16.7 Å². The Morgan fingerprint density at radius 1 is 1.29 bits per heavy atom. The van der Waals surface area contributed by atoms with Gasteiger partial charge >= 0.3 is 0 Å². The second kappa shape index (κ2) is 5.64. The Hall–Kier alpha value is -0.180. The number of thioether (sulfide) groups is 1. The Balaban J connectivity index is 3.88. The van der Waals surface area contributed by atoms with Gasteiger partial charge < -0.3 is 5.32 Å². The van der Waals surface area contributed by atoms with Crippen molar-refractivity contribution >= 4 is 17.7 Å². The first-order valence-corrected chi connectivity index (χ1v) is 6.21. The number of hydrogen-bond donors (Lipinski definition) is 1. The van der Waals surface area contributed by atoms with Crippen LogP contribution in [0.3, 0.4) is 0 Å². The lowest BCUT2D eigenvalue weighted by Crippen LogP contribution is -2.44. The van der Waals surface area contributed by atoms with E-state index < -0.39 is 0 Å². The number of rotatable bonds is 4. The van der Waals surface area contributed by atoms with Crippen LogP contribution >= 0.6 is 11.8 Å². The molecule has 0 aliphatic carbocycles. The maximum absolute atomic E-state index is 11.6. The fourth-order valence-electron chi connectivity index (χ4n) is 0.884. The molecule has 1 amide bonds. The van der Waals surface area contributed by atoms with E-state index in [9.17, 15) is 4.79 Å². The summed E-state index contributed by atoms with van der Waals surface area (Å²) in [7, 11) is 0. The van der Waals surface area contributed by atoms with Crippen molar-refractivity contribution in [3.63, 3.8) is 0 Å². The fourth-order valence-corrected chi connectivity index (χ4v) is 1.77. The average molecular weight is 217 g/mol. The highest BCUT2D eigenvalue weighted by Crippen LogP contribution is 2.15. The van der Waals surface area contributed by atoms with Gasteiger partial charge in [-0.3, -0.25) is 4.79 Å². The van der Waals surface area contributed by atoms with E-state index in [0.717, 1.165) is 5.75 Å². The Bertz CT molecular complexity index is 184. The van der Waals surface area contributed by atoms with Crippen molar-refractivity contribution in [2.24, 2.45) is 5.92 Å². The van der Waals surface area contributed by atoms with Crippen molar-refractivity contribution in [2.45, 2.75) is 52.3 Å². The fraction of sp³-hybridized carbons (Fsp3) is 0.909. The minimum Gasteiger partial charge on any atom is -0.351 e. The molecule has 0 aliphatic rings. The maximum atomic E-state index is 11.6. The lowest BCUT2D eigenvalue weighted by Gasteiger charge is -2.23. The van der Waals surface area contributed by atoms with Crippen LogP contribution in [-0.2, 0) is 4.79 Å². The lowest BCUT2D eigenvalue weighted by atomic mass is 10.1. The first kappa shape index (κ1) is 13.8. The number of carbonyl (C=O) groups excluding carboxylic acids is 1. The van der Waals surface area contributed by atoms with Crippen LogP contribution in [0.5, 0.6) is 0 Å². The summed E-state index contributed by atoms with van der Waals surface area (Å²) in [6.07, 6.45) is 0. The van der Waals surface area contributed by atoms with Gasteiger partial charge in [0.15, 0.2) is 0 Å². The predicted octanol–water partition coefficient (Wildman–Crippen LogP) is 2.68. The highest BCUT2D eigenvalue weighted by Gasteiger charge is 2.19. The molecule has 0 aliphatic heterocycles. The predicted molar refractivity (Wildman–Crippen MR) is 64.7 cm³/mol. The molecule has 0 aromatic rings. The number of hydrogen-bond acceptors (Lipinski definition) is 2. The van der Waals surface area contributed by atoms with Crippen LogP contribution in [0, 0.1) is 5.92 Å². The highest BCUT2D eigenvalue weighted by molar-refractivity contribution is 8.00. The Morgan fingerprint density at radius 3 is 2.14 bits per heavy atom. The second-order valence-electron chi connectivity index (χ2n) is 5.11. The van der Waals surface area contributed by atoms with E-state index in [2.05, 4.69) is 19.2 Å². The zero-order valence-electron chi connectivity index (χ0n) is 10.2. The van der Waals surface area contributed by atoms with Gasteiger partial charge in [0.2, 0.25) is 5.91 Å². The van der Waals surface area contributed by atoms with Gasteiger partial charge in [0.1, 0.15) is 0 Å². The van der Waals surface area contributed by atoms with E-state index in [1.807, 2.05) is 27.7 Å². The third-order valence-electron chi connectivity index (χ3n) is 1.55. The van der Waals surface area contributed by atoms with Crippen LogP contribution in [0.2, 0.25) is 0 Å². The number of nitrogens with one attached hydrogen (secondary N) is 1. The van der Waals surface area contributed by atoms with Crippen molar-refractivity contribution in [3.8, 4) is 0 Å². The first-order chi connectivity index (χ1) is 6.22. The zero-order valence-corrected chi connectivity index (χ0v) is 11.0. The summed E-state index contributed by atoms with van der Waals surface area (Å²) in [5.74, 6) is 1.83. The Labute approximate surface area is 92.2 Å².